The quantitative estimate of drug-likeness (QED) is 0.519. The van der Waals surface area contributed by atoms with Gasteiger partial charge in [-0.2, -0.15) is 0 Å². The summed E-state index contributed by atoms with van der Waals surface area (Å²) in [5.41, 5.74) is 5.68. The monoisotopic (exact) mass is 271 g/mol. The van der Waals surface area contributed by atoms with Crippen molar-refractivity contribution < 1.29 is 9.90 Å². The highest BCUT2D eigenvalue weighted by atomic mass is 16.4. The molecule has 0 fully saturated rings. The zero-order chi connectivity index (χ0) is 14.7. The average Bonchev–Trinajstić information content (AvgIpc) is 2.39. The molecule has 1 atom stereocenters. The van der Waals surface area contributed by atoms with Crippen molar-refractivity contribution in [1.29, 1.82) is 0 Å². The smallest absolute Gasteiger partial charge is 0.321 e. The van der Waals surface area contributed by atoms with E-state index in [9.17, 15) is 9.90 Å². The van der Waals surface area contributed by atoms with Crippen LogP contribution in [-0.4, -0.2) is 17.1 Å². The number of rotatable bonds is 12. The van der Waals surface area contributed by atoms with Crippen LogP contribution in [-0.2, 0) is 4.79 Å². The molecule has 3 nitrogen and oxygen atoms in total. The summed E-state index contributed by atoms with van der Waals surface area (Å²) in [5, 5.41) is 9.20. The maximum atomic E-state index is 11.2. The fraction of sp³-hybridized carbons (Fsp3) is 0.938. The fourth-order valence-electron chi connectivity index (χ4n) is 2.65. The minimum Gasteiger partial charge on any atom is -0.480 e. The van der Waals surface area contributed by atoms with Gasteiger partial charge in [0.25, 0.3) is 0 Å². The summed E-state index contributed by atoms with van der Waals surface area (Å²) in [4.78, 5) is 11.2. The SMILES string of the molecule is CCCCCCC(C)(CCCCCC)C(N)C(=O)O. The molecule has 0 aromatic heterocycles. The van der Waals surface area contributed by atoms with Crippen molar-refractivity contribution in [2.75, 3.05) is 0 Å². The second-order valence-corrected chi connectivity index (χ2v) is 6.09. The minimum absolute atomic E-state index is 0.243. The first-order chi connectivity index (χ1) is 8.98. The second kappa shape index (κ2) is 10.2. The lowest BCUT2D eigenvalue weighted by atomic mass is 9.74. The Morgan fingerprint density at radius 1 is 1.00 bits per heavy atom. The highest BCUT2D eigenvalue weighted by molar-refractivity contribution is 5.74. The van der Waals surface area contributed by atoms with Crippen LogP contribution < -0.4 is 5.73 Å². The van der Waals surface area contributed by atoms with E-state index in [2.05, 4.69) is 20.8 Å². The number of hydrogen-bond acceptors (Lipinski definition) is 2. The molecule has 1 unspecified atom stereocenters. The Labute approximate surface area is 119 Å². The van der Waals surface area contributed by atoms with Crippen LogP contribution in [0.5, 0.6) is 0 Å². The van der Waals surface area contributed by atoms with E-state index in [1.54, 1.807) is 0 Å². The Hall–Kier alpha value is -0.570. The Morgan fingerprint density at radius 2 is 1.42 bits per heavy atom. The molecule has 0 aliphatic carbocycles. The third-order valence-corrected chi connectivity index (χ3v) is 4.22. The maximum Gasteiger partial charge on any atom is 0.321 e. The Morgan fingerprint density at radius 3 is 1.74 bits per heavy atom. The third-order valence-electron chi connectivity index (χ3n) is 4.22. The van der Waals surface area contributed by atoms with Crippen molar-refractivity contribution in [1.82, 2.24) is 0 Å². The van der Waals surface area contributed by atoms with Gasteiger partial charge in [-0.25, -0.2) is 0 Å². The van der Waals surface area contributed by atoms with E-state index in [4.69, 9.17) is 5.73 Å². The van der Waals surface area contributed by atoms with Crippen molar-refractivity contribution in [2.24, 2.45) is 11.1 Å². The summed E-state index contributed by atoms with van der Waals surface area (Å²) in [5.74, 6) is -0.853. The van der Waals surface area contributed by atoms with Gasteiger partial charge in [-0.1, -0.05) is 72.1 Å². The van der Waals surface area contributed by atoms with E-state index < -0.39 is 12.0 Å². The van der Waals surface area contributed by atoms with Gasteiger partial charge in [-0.3, -0.25) is 4.79 Å². The summed E-state index contributed by atoms with van der Waals surface area (Å²) >= 11 is 0. The lowest BCUT2D eigenvalue weighted by Crippen LogP contribution is -2.45. The molecule has 0 aliphatic rings. The van der Waals surface area contributed by atoms with Gasteiger partial charge in [0.2, 0.25) is 0 Å². The zero-order valence-electron chi connectivity index (χ0n) is 13.1. The normalized spacial score (nSPS) is 13.5. The molecule has 0 spiro atoms. The summed E-state index contributed by atoms with van der Waals surface area (Å²) in [7, 11) is 0. The number of carboxylic acids is 1. The number of nitrogens with two attached hydrogens (primary N) is 1. The van der Waals surface area contributed by atoms with Crippen LogP contribution in [0.1, 0.15) is 85.0 Å². The van der Waals surface area contributed by atoms with Crippen LogP contribution >= 0.6 is 0 Å². The average molecular weight is 271 g/mol. The molecule has 0 aromatic carbocycles. The van der Waals surface area contributed by atoms with Crippen LogP contribution in [0, 0.1) is 5.41 Å². The Bertz CT molecular complexity index is 229. The molecule has 0 heterocycles. The van der Waals surface area contributed by atoms with Crippen molar-refractivity contribution in [2.45, 2.75) is 91.0 Å². The van der Waals surface area contributed by atoms with E-state index in [0.29, 0.717) is 0 Å². The predicted molar refractivity (Wildman–Crippen MR) is 81.2 cm³/mol. The molecule has 0 bridgehead atoms. The third kappa shape index (κ3) is 7.56. The maximum absolute atomic E-state index is 11.2. The van der Waals surface area contributed by atoms with Crippen LogP contribution in [0.3, 0.4) is 0 Å². The summed E-state index contributed by atoms with van der Waals surface area (Å²) in [6.45, 7) is 6.43. The van der Waals surface area contributed by atoms with Crippen molar-refractivity contribution in [3.05, 3.63) is 0 Å². The largest absolute Gasteiger partial charge is 0.480 e. The number of carbonyl (C=O) groups is 1. The second-order valence-electron chi connectivity index (χ2n) is 6.09. The molecule has 0 aliphatic heterocycles. The van der Waals surface area contributed by atoms with Crippen molar-refractivity contribution in [3.63, 3.8) is 0 Å². The molecule has 0 radical (unpaired) electrons. The van der Waals surface area contributed by atoms with Gasteiger partial charge in [0, 0.05) is 0 Å². The molecule has 0 saturated carbocycles. The van der Waals surface area contributed by atoms with Crippen LogP contribution in [0.15, 0.2) is 0 Å². The molecule has 3 N–H and O–H groups in total. The van der Waals surface area contributed by atoms with E-state index in [-0.39, 0.29) is 5.41 Å². The first-order valence-electron chi connectivity index (χ1n) is 7.96. The van der Waals surface area contributed by atoms with Gasteiger partial charge >= 0.3 is 5.97 Å². The topological polar surface area (TPSA) is 63.3 Å². The highest BCUT2D eigenvalue weighted by Crippen LogP contribution is 2.34. The summed E-state index contributed by atoms with van der Waals surface area (Å²) < 4.78 is 0. The van der Waals surface area contributed by atoms with E-state index >= 15 is 0 Å². The highest BCUT2D eigenvalue weighted by Gasteiger charge is 2.35. The molecule has 0 rings (SSSR count). The standard InChI is InChI=1S/C16H33NO2/c1-4-6-8-10-12-16(3,14(17)15(18)19)13-11-9-7-5-2/h14H,4-13,17H2,1-3H3,(H,18,19). The number of unbranched alkanes of at least 4 members (excludes halogenated alkanes) is 6. The van der Waals surface area contributed by atoms with Crippen LogP contribution in [0.25, 0.3) is 0 Å². The lowest BCUT2D eigenvalue weighted by Gasteiger charge is -2.33. The first kappa shape index (κ1) is 18.4. The summed E-state index contributed by atoms with van der Waals surface area (Å²) in [6, 6.07) is -0.726. The van der Waals surface area contributed by atoms with E-state index in [0.717, 1.165) is 25.7 Å². The fourth-order valence-corrected chi connectivity index (χ4v) is 2.65. The molecule has 19 heavy (non-hydrogen) atoms. The Kier molecular flexibility index (Phi) is 9.94. The van der Waals surface area contributed by atoms with Gasteiger partial charge in [0.05, 0.1) is 0 Å². The molecule has 114 valence electrons. The molecule has 0 saturated heterocycles. The molecule has 0 aromatic rings. The van der Waals surface area contributed by atoms with E-state index in [1.165, 1.54) is 38.5 Å². The molecular formula is C16H33NO2. The van der Waals surface area contributed by atoms with E-state index in [1.807, 2.05) is 0 Å². The molecule has 3 heteroatoms. The molecular weight excluding hydrogens is 238 g/mol. The number of aliphatic carboxylic acids is 1. The van der Waals surface area contributed by atoms with Gasteiger partial charge in [0.1, 0.15) is 6.04 Å². The van der Waals surface area contributed by atoms with Crippen molar-refractivity contribution >= 4 is 5.97 Å². The van der Waals surface area contributed by atoms with Crippen LogP contribution in [0.4, 0.5) is 0 Å². The van der Waals surface area contributed by atoms with Gasteiger partial charge in [-0.05, 0) is 18.3 Å². The minimum atomic E-state index is -0.853. The van der Waals surface area contributed by atoms with Crippen LogP contribution in [0.2, 0.25) is 0 Å². The molecule has 0 amide bonds. The van der Waals surface area contributed by atoms with Crippen molar-refractivity contribution in [3.8, 4) is 0 Å². The summed E-state index contributed by atoms with van der Waals surface area (Å²) in [6.07, 6.45) is 11.3. The predicted octanol–water partition coefficient (Wildman–Crippen LogP) is 4.35. The first-order valence-corrected chi connectivity index (χ1v) is 7.96. The van der Waals surface area contributed by atoms with Gasteiger partial charge in [-0.15, -0.1) is 0 Å². The lowest BCUT2D eigenvalue weighted by molar-refractivity contribution is -0.142. The van der Waals surface area contributed by atoms with Gasteiger partial charge < -0.3 is 10.8 Å². The number of carboxylic acid groups (broad SMARTS) is 1. The Balaban J connectivity index is 4.31. The zero-order valence-corrected chi connectivity index (χ0v) is 13.1. The van der Waals surface area contributed by atoms with Gasteiger partial charge in [0.15, 0.2) is 0 Å². The number of hydrogen-bond donors (Lipinski definition) is 2.